The van der Waals surface area contributed by atoms with Crippen LogP contribution in [0.2, 0.25) is 0 Å². The van der Waals surface area contributed by atoms with E-state index >= 15 is 0 Å². The first-order valence-electron chi connectivity index (χ1n) is 6.74. The van der Waals surface area contributed by atoms with Gasteiger partial charge in [-0.05, 0) is 24.7 Å². The van der Waals surface area contributed by atoms with Gasteiger partial charge in [-0.3, -0.25) is 0 Å². The van der Waals surface area contributed by atoms with Gasteiger partial charge in [0, 0.05) is 6.54 Å². The fraction of sp³-hybridized carbons (Fsp3) is 0.846. The third kappa shape index (κ3) is 4.55. The predicted octanol–water partition coefficient (Wildman–Crippen LogP) is 2.12. The monoisotopic (exact) mass is 256 g/mol. The standard InChI is InChI=1S/C13H24N2O3/c1-3-4-6-10(11(16)17)15-12(18)14-9-13(2)7-5-8-13/h10H,3-9H2,1-2H3,(H,16,17)(H2,14,15,18)/t10-/m0/s1. The van der Waals surface area contributed by atoms with Crippen molar-refractivity contribution in [3.05, 3.63) is 0 Å². The number of rotatable bonds is 7. The average Bonchev–Trinajstić information content (AvgIpc) is 2.29. The van der Waals surface area contributed by atoms with E-state index in [-0.39, 0.29) is 11.4 Å². The van der Waals surface area contributed by atoms with Crippen LogP contribution >= 0.6 is 0 Å². The molecule has 5 nitrogen and oxygen atoms in total. The number of nitrogens with one attached hydrogen (secondary N) is 2. The lowest BCUT2D eigenvalue weighted by Crippen LogP contribution is -2.49. The van der Waals surface area contributed by atoms with Crippen LogP contribution in [0, 0.1) is 5.41 Å². The minimum atomic E-state index is -0.964. The molecule has 1 aliphatic rings. The summed E-state index contributed by atoms with van der Waals surface area (Å²) in [6.45, 7) is 4.76. The fourth-order valence-corrected chi connectivity index (χ4v) is 2.13. The first kappa shape index (κ1) is 14.8. The molecule has 2 amide bonds. The molecule has 0 aromatic heterocycles. The molecule has 0 spiro atoms. The number of carbonyl (C=O) groups is 2. The minimum absolute atomic E-state index is 0.208. The van der Waals surface area contributed by atoms with E-state index in [1.807, 2.05) is 6.92 Å². The number of amides is 2. The number of aliphatic carboxylic acids is 1. The first-order chi connectivity index (χ1) is 8.47. The zero-order chi connectivity index (χ0) is 13.6. The second kappa shape index (κ2) is 6.61. The number of carboxylic acid groups (broad SMARTS) is 1. The molecule has 0 aliphatic heterocycles. The molecule has 0 aromatic carbocycles. The van der Waals surface area contributed by atoms with E-state index in [4.69, 9.17) is 5.11 Å². The van der Waals surface area contributed by atoms with Crippen LogP contribution in [0.3, 0.4) is 0 Å². The third-order valence-electron chi connectivity index (χ3n) is 3.69. The van der Waals surface area contributed by atoms with Gasteiger partial charge in [-0.25, -0.2) is 9.59 Å². The Hall–Kier alpha value is -1.26. The van der Waals surface area contributed by atoms with Crippen molar-refractivity contribution >= 4 is 12.0 Å². The summed E-state index contributed by atoms with van der Waals surface area (Å²) in [6.07, 6.45) is 5.68. The molecule has 0 radical (unpaired) electrons. The minimum Gasteiger partial charge on any atom is -0.480 e. The summed E-state index contributed by atoms with van der Waals surface area (Å²) >= 11 is 0. The van der Waals surface area contributed by atoms with Gasteiger partial charge in [-0.2, -0.15) is 0 Å². The summed E-state index contributed by atoms with van der Waals surface area (Å²) in [7, 11) is 0. The van der Waals surface area contributed by atoms with Gasteiger partial charge < -0.3 is 15.7 Å². The molecule has 5 heteroatoms. The zero-order valence-electron chi connectivity index (χ0n) is 11.3. The van der Waals surface area contributed by atoms with Crippen molar-refractivity contribution in [2.45, 2.75) is 58.4 Å². The Kier molecular flexibility index (Phi) is 5.44. The molecule has 104 valence electrons. The molecular weight excluding hydrogens is 232 g/mol. The summed E-state index contributed by atoms with van der Waals surface area (Å²) < 4.78 is 0. The highest BCUT2D eigenvalue weighted by Crippen LogP contribution is 2.39. The molecule has 0 bridgehead atoms. The number of hydrogen-bond donors (Lipinski definition) is 3. The maximum absolute atomic E-state index is 11.6. The Bertz CT molecular complexity index is 301. The van der Waals surface area contributed by atoms with Crippen molar-refractivity contribution in [2.75, 3.05) is 6.54 Å². The summed E-state index contributed by atoms with van der Waals surface area (Å²) in [5.74, 6) is -0.964. The number of unbranched alkanes of at least 4 members (excludes halogenated alkanes) is 1. The summed E-state index contributed by atoms with van der Waals surface area (Å²) in [6, 6.07) is -1.15. The third-order valence-corrected chi connectivity index (χ3v) is 3.69. The number of hydrogen-bond acceptors (Lipinski definition) is 2. The van der Waals surface area contributed by atoms with Crippen LogP contribution < -0.4 is 10.6 Å². The van der Waals surface area contributed by atoms with E-state index in [0.29, 0.717) is 13.0 Å². The quantitative estimate of drug-likeness (QED) is 0.653. The van der Waals surface area contributed by atoms with Crippen molar-refractivity contribution in [1.82, 2.24) is 10.6 Å². The van der Waals surface area contributed by atoms with Crippen LogP contribution in [0.25, 0.3) is 0 Å². The lowest BCUT2D eigenvalue weighted by Gasteiger charge is -2.38. The van der Waals surface area contributed by atoms with E-state index < -0.39 is 12.0 Å². The van der Waals surface area contributed by atoms with Gasteiger partial charge in [-0.15, -0.1) is 0 Å². The molecule has 3 N–H and O–H groups in total. The van der Waals surface area contributed by atoms with Gasteiger partial charge in [0.15, 0.2) is 0 Å². The zero-order valence-corrected chi connectivity index (χ0v) is 11.3. The Balaban J connectivity index is 2.29. The Morgan fingerprint density at radius 1 is 1.39 bits per heavy atom. The number of carboxylic acids is 1. The molecule has 1 fully saturated rings. The largest absolute Gasteiger partial charge is 0.480 e. The first-order valence-corrected chi connectivity index (χ1v) is 6.74. The van der Waals surface area contributed by atoms with Crippen molar-refractivity contribution in [1.29, 1.82) is 0 Å². The lowest BCUT2D eigenvalue weighted by atomic mass is 9.70. The average molecular weight is 256 g/mol. The summed E-state index contributed by atoms with van der Waals surface area (Å²) in [4.78, 5) is 22.6. The molecule has 1 aliphatic carbocycles. The van der Waals surface area contributed by atoms with Crippen LogP contribution in [-0.4, -0.2) is 29.7 Å². The van der Waals surface area contributed by atoms with Crippen LogP contribution in [-0.2, 0) is 4.79 Å². The van der Waals surface area contributed by atoms with E-state index in [0.717, 1.165) is 25.7 Å². The topological polar surface area (TPSA) is 78.4 Å². The predicted molar refractivity (Wildman–Crippen MR) is 69.4 cm³/mol. The Morgan fingerprint density at radius 2 is 2.06 bits per heavy atom. The molecule has 0 aromatic rings. The maximum atomic E-state index is 11.6. The molecule has 18 heavy (non-hydrogen) atoms. The SMILES string of the molecule is CCCC[C@H](NC(=O)NCC1(C)CCC1)C(=O)O. The molecule has 1 rings (SSSR count). The van der Waals surface area contributed by atoms with Gasteiger partial charge in [0.25, 0.3) is 0 Å². The van der Waals surface area contributed by atoms with Crippen molar-refractivity contribution in [3.63, 3.8) is 0 Å². The van der Waals surface area contributed by atoms with E-state index in [2.05, 4.69) is 17.6 Å². The van der Waals surface area contributed by atoms with Gasteiger partial charge in [0.2, 0.25) is 0 Å². The van der Waals surface area contributed by atoms with Crippen molar-refractivity contribution in [3.8, 4) is 0 Å². The molecule has 1 saturated carbocycles. The van der Waals surface area contributed by atoms with E-state index in [1.54, 1.807) is 0 Å². The second-order valence-corrected chi connectivity index (χ2v) is 5.52. The van der Waals surface area contributed by atoms with Gasteiger partial charge in [0.05, 0.1) is 0 Å². The lowest BCUT2D eigenvalue weighted by molar-refractivity contribution is -0.139. The van der Waals surface area contributed by atoms with Crippen LogP contribution in [0.15, 0.2) is 0 Å². The highest BCUT2D eigenvalue weighted by atomic mass is 16.4. The highest BCUT2D eigenvalue weighted by molar-refractivity contribution is 5.82. The number of carbonyl (C=O) groups excluding carboxylic acids is 1. The Morgan fingerprint density at radius 3 is 2.50 bits per heavy atom. The molecule has 0 saturated heterocycles. The smallest absolute Gasteiger partial charge is 0.326 e. The van der Waals surface area contributed by atoms with Crippen LogP contribution in [0.4, 0.5) is 4.79 Å². The van der Waals surface area contributed by atoms with Crippen LogP contribution in [0.1, 0.15) is 52.4 Å². The molecule has 1 atom stereocenters. The van der Waals surface area contributed by atoms with E-state index in [1.165, 1.54) is 6.42 Å². The summed E-state index contributed by atoms with van der Waals surface area (Å²) in [5, 5.41) is 14.3. The molecule has 0 unspecified atom stereocenters. The second-order valence-electron chi connectivity index (χ2n) is 5.52. The molecule has 0 heterocycles. The normalized spacial score (nSPS) is 18.6. The van der Waals surface area contributed by atoms with Crippen molar-refractivity contribution < 1.29 is 14.7 Å². The van der Waals surface area contributed by atoms with Crippen LogP contribution in [0.5, 0.6) is 0 Å². The molecular formula is C13H24N2O3. The fourth-order valence-electron chi connectivity index (χ4n) is 2.13. The number of urea groups is 1. The van der Waals surface area contributed by atoms with Gasteiger partial charge >= 0.3 is 12.0 Å². The van der Waals surface area contributed by atoms with Crippen molar-refractivity contribution in [2.24, 2.45) is 5.41 Å². The Labute approximate surface area is 108 Å². The van der Waals surface area contributed by atoms with Gasteiger partial charge in [0.1, 0.15) is 6.04 Å². The van der Waals surface area contributed by atoms with E-state index in [9.17, 15) is 9.59 Å². The maximum Gasteiger partial charge on any atom is 0.326 e. The van der Waals surface area contributed by atoms with Gasteiger partial charge in [-0.1, -0.05) is 33.1 Å². The summed E-state index contributed by atoms with van der Waals surface area (Å²) in [5.41, 5.74) is 0.208. The highest BCUT2D eigenvalue weighted by Gasteiger charge is 2.32.